The van der Waals surface area contributed by atoms with Gasteiger partial charge in [-0.15, -0.1) is 10.2 Å². The minimum atomic E-state index is -0.963. The molecule has 9 heteroatoms. The number of carbonyl (C=O) groups is 1. The molecule has 4 aromatic rings. The predicted octanol–water partition coefficient (Wildman–Crippen LogP) is 5.30. The number of nitrogens with one attached hydrogen (secondary N) is 1. The molecule has 178 valence electrons. The molecule has 1 aliphatic carbocycles. The van der Waals surface area contributed by atoms with Gasteiger partial charge in [0.1, 0.15) is 11.6 Å². The Hall–Kier alpha value is -3.64. The van der Waals surface area contributed by atoms with Crippen LogP contribution in [0.4, 0.5) is 0 Å². The van der Waals surface area contributed by atoms with Crippen molar-refractivity contribution in [3.8, 4) is 23.2 Å². The molecular weight excluding hydrogens is 460 g/mol. The summed E-state index contributed by atoms with van der Waals surface area (Å²) >= 11 is 1.33. The van der Waals surface area contributed by atoms with Crippen molar-refractivity contribution in [2.45, 2.75) is 49.2 Å². The predicted molar refractivity (Wildman–Crippen MR) is 134 cm³/mol. The number of ketones is 1. The molecule has 1 aliphatic rings. The summed E-state index contributed by atoms with van der Waals surface area (Å²) in [4.78, 5) is 20.7. The van der Waals surface area contributed by atoms with Gasteiger partial charge in [0.2, 0.25) is 0 Å². The van der Waals surface area contributed by atoms with Crippen LogP contribution in [0.5, 0.6) is 5.75 Å². The van der Waals surface area contributed by atoms with Gasteiger partial charge in [0.05, 0.1) is 35.5 Å². The van der Waals surface area contributed by atoms with Crippen molar-refractivity contribution >= 4 is 28.6 Å². The number of benzene rings is 2. The Labute approximate surface area is 207 Å². The number of H-pyrrole nitrogens is 1. The fraction of sp³-hybridized carbons (Fsp3) is 0.346. The minimum absolute atomic E-state index is 0.103. The Bertz CT molecular complexity index is 1350. The van der Waals surface area contributed by atoms with Gasteiger partial charge < -0.3 is 9.72 Å². The first-order valence-electron chi connectivity index (χ1n) is 11.8. The highest BCUT2D eigenvalue weighted by molar-refractivity contribution is 7.99. The largest absolute Gasteiger partial charge is 0.496 e. The second-order valence-corrected chi connectivity index (χ2v) is 9.57. The summed E-state index contributed by atoms with van der Waals surface area (Å²) in [6, 6.07) is 17.7. The van der Waals surface area contributed by atoms with E-state index in [0.717, 1.165) is 53.9 Å². The maximum atomic E-state index is 13.1. The van der Waals surface area contributed by atoms with Crippen LogP contribution in [0.3, 0.4) is 0 Å². The van der Waals surface area contributed by atoms with Gasteiger partial charge in [0, 0.05) is 6.04 Å². The van der Waals surface area contributed by atoms with Crippen LogP contribution in [-0.2, 0) is 4.79 Å². The van der Waals surface area contributed by atoms with Crippen molar-refractivity contribution in [3.63, 3.8) is 0 Å². The summed E-state index contributed by atoms with van der Waals surface area (Å²) in [6.45, 7) is 0. The normalized spacial score (nSPS) is 15.1. The van der Waals surface area contributed by atoms with Crippen molar-refractivity contribution < 1.29 is 9.53 Å². The molecule has 2 aromatic heterocycles. The summed E-state index contributed by atoms with van der Waals surface area (Å²) in [7, 11) is 1.65. The number of nitrogens with zero attached hydrogens (tertiary/aromatic N) is 5. The van der Waals surface area contributed by atoms with E-state index in [1.807, 2.05) is 48.5 Å². The molecule has 1 saturated carbocycles. The monoisotopic (exact) mass is 486 g/mol. The van der Waals surface area contributed by atoms with Gasteiger partial charge in [-0.1, -0.05) is 55.3 Å². The standard InChI is InChI=1S/C26H26N6O2S/c1-34-23-14-8-5-11-18(23)25-30-31-26(32(25)17-9-3-2-4-10-17)35-16-22(33)19(15-27)24-28-20-12-6-7-13-21(20)29-24/h5-8,11-14,17,19H,2-4,9-10,16H2,1H3,(H,28,29). The number of fused-ring (bicyclic) bond motifs is 1. The Balaban J connectivity index is 1.42. The van der Waals surface area contributed by atoms with Crippen LogP contribution in [-0.4, -0.2) is 43.4 Å². The highest BCUT2D eigenvalue weighted by Crippen LogP contribution is 2.38. The van der Waals surface area contributed by atoms with E-state index in [-0.39, 0.29) is 17.6 Å². The number of imidazole rings is 1. The molecule has 8 nitrogen and oxygen atoms in total. The number of carbonyl (C=O) groups excluding carboxylic acids is 1. The fourth-order valence-corrected chi connectivity index (χ4v) is 5.58. The highest BCUT2D eigenvalue weighted by Gasteiger charge is 2.28. The Morgan fingerprint density at radius 1 is 1.17 bits per heavy atom. The molecule has 2 heterocycles. The van der Waals surface area contributed by atoms with Crippen LogP contribution < -0.4 is 4.74 Å². The van der Waals surface area contributed by atoms with Gasteiger partial charge in [-0.2, -0.15) is 5.26 Å². The minimum Gasteiger partial charge on any atom is -0.496 e. The summed E-state index contributed by atoms with van der Waals surface area (Å²) in [5.74, 6) is 0.787. The van der Waals surface area contributed by atoms with Gasteiger partial charge in [0.15, 0.2) is 22.7 Å². The quantitative estimate of drug-likeness (QED) is 0.336. The van der Waals surface area contributed by atoms with Crippen molar-refractivity contribution in [2.75, 3.05) is 12.9 Å². The molecule has 1 unspecified atom stereocenters. The van der Waals surface area contributed by atoms with Crippen molar-refractivity contribution in [2.24, 2.45) is 0 Å². The number of para-hydroxylation sites is 3. The maximum Gasteiger partial charge on any atom is 0.192 e. The van der Waals surface area contributed by atoms with E-state index in [2.05, 4.69) is 30.8 Å². The number of thioether (sulfide) groups is 1. The number of hydrogen-bond acceptors (Lipinski definition) is 7. The van der Waals surface area contributed by atoms with E-state index in [9.17, 15) is 10.1 Å². The summed E-state index contributed by atoms with van der Waals surface area (Å²) < 4.78 is 7.75. The van der Waals surface area contributed by atoms with Gasteiger partial charge in [0.25, 0.3) is 0 Å². The summed E-state index contributed by atoms with van der Waals surface area (Å²) in [6.07, 6.45) is 5.62. The molecule has 35 heavy (non-hydrogen) atoms. The lowest BCUT2D eigenvalue weighted by molar-refractivity contribution is -0.117. The van der Waals surface area contributed by atoms with Gasteiger partial charge in [-0.3, -0.25) is 9.36 Å². The van der Waals surface area contributed by atoms with Crippen LogP contribution in [0.1, 0.15) is 49.9 Å². The molecule has 0 radical (unpaired) electrons. The Kier molecular flexibility index (Phi) is 6.82. The molecule has 0 bridgehead atoms. The molecule has 1 atom stereocenters. The van der Waals surface area contributed by atoms with Crippen LogP contribution >= 0.6 is 11.8 Å². The fourth-order valence-electron chi connectivity index (χ4n) is 4.67. The maximum absolute atomic E-state index is 13.1. The highest BCUT2D eigenvalue weighted by atomic mass is 32.2. The molecule has 0 amide bonds. The lowest BCUT2D eigenvalue weighted by Gasteiger charge is -2.26. The smallest absolute Gasteiger partial charge is 0.192 e. The van der Waals surface area contributed by atoms with E-state index < -0.39 is 5.92 Å². The number of methoxy groups -OCH3 is 1. The molecule has 5 rings (SSSR count). The number of hydrogen-bond donors (Lipinski definition) is 1. The second-order valence-electron chi connectivity index (χ2n) is 8.62. The summed E-state index contributed by atoms with van der Waals surface area (Å²) in [5.41, 5.74) is 2.42. The molecular formula is C26H26N6O2S. The van der Waals surface area contributed by atoms with Crippen molar-refractivity contribution in [3.05, 3.63) is 54.4 Å². The number of aromatic amines is 1. The van der Waals surface area contributed by atoms with E-state index >= 15 is 0 Å². The molecule has 0 saturated heterocycles. The number of nitriles is 1. The number of Topliss-reactive ketones (excluding diaryl/α,β-unsaturated/α-hetero) is 1. The van der Waals surface area contributed by atoms with Crippen LogP contribution in [0.25, 0.3) is 22.4 Å². The zero-order valence-electron chi connectivity index (χ0n) is 19.5. The van der Waals surface area contributed by atoms with E-state index in [0.29, 0.717) is 11.0 Å². The number of ether oxygens (including phenoxy) is 1. The molecule has 1 N–H and O–H groups in total. The lowest BCUT2D eigenvalue weighted by atomic mass is 9.95. The van der Waals surface area contributed by atoms with Gasteiger partial charge in [-0.05, 0) is 37.1 Å². The van der Waals surface area contributed by atoms with E-state index in [4.69, 9.17) is 4.74 Å². The third-order valence-corrected chi connectivity index (χ3v) is 7.39. The summed E-state index contributed by atoms with van der Waals surface area (Å²) in [5, 5.41) is 19.4. The lowest BCUT2D eigenvalue weighted by Crippen LogP contribution is -2.17. The molecule has 1 fully saturated rings. The topological polar surface area (TPSA) is 109 Å². The molecule has 0 aliphatic heterocycles. The van der Waals surface area contributed by atoms with Crippen molar-refractivity contribution in [1.82, 2.24) is 24.7 Å². The Morgan fingerprint density at radius 3 is 2.71 bits per heavy atom. The number of rotatable bonds is 8. The zero-order chi connectivity index (χ0) is 24.2. The first-order chi connectivity index (χ1) is 17.2. The first kappa shape index (κ1) is 23.1. The van der Waals surface area contributed by atoms with Gasteiger partial charge in [-0.25, -0.2) is 4.98 Å². The third-order valence-electron chi connectivity index (χ3n) is 6.43. The molecule has 0 spiro atoms. The zero-order valence-corrected chi connectivity index (χ0v) is 20.3. The van der Waals surface area contributed by atoms with Gasteiger partial charge >= 0.3 is 0 Å². The SMILES string of the molecule is COc1ccccc1-c1nnc(SCC(=O)C(C#N)c2nc3ccccc3[nH]2)n1C1CCCCC1. The molecule has 2 aromatic carbocycles. The number of aromatic nitrogens is 5. The van der Waals surface area contributed by atoms with E-state index in [1.165, 1.54) is 18.2 Å². The third kappa shape index (κ3) is 4.66. The first-order valence-corrected chi connectivity index (χ1v) is 12.8. The van der Waals surface area contributed by atoms with Crippen LogP contribution in [0.15, 0.2) is 53.7 Å². The Morgan fingerprint density at radius 2 is 1.94 bits per heavy atom. The van der Waals surface area contributed by atoms with Crippen LogP contribution in [0, 0.1) is 11.3 Å². The van der Waals surface area contributed by atoms with E-state index in [1.54, 1.807) is 7.11 Å². The second kappa shape index (κ2) is 10.3. The average molecular weight is 487 g/mol. The van der Waals surface area contributed by atoms with Crippen LogP contribution in [0.2, 0.25) is 0 Å². The average Bonchev–Trinajstić information content (AvgIpc) is 3.52. The van der Waals surface area contributed by atoms with Crippen molar-refractivity contribution in [1.29, 1.82) is 5.26 Å².